The number of nitrogens with one attached hydrogen (secondary N) is 1. The molecule has 0 unspecified atom stereocenters. The first-order valence-corrected chi connectivity index (χ1v) is 4.18. The van der Waals surface area contributed by atoms with Crippen LogP contribution in [0, 0.1) is 6.92 Å². The third-order valence-electron chi connectivity index (χ3n) is 2.33. The highest BCUT2D eigenvalue weighted by molar-refractivity contribution is 5.99. The van der Waals surface area contributed by atoms with E-state index in [4.69, 9.17) is 4.74 Å². The van der Waals surface area contributed by atoms with Crippen LogP contribution >= 0.6 is 0 Å². The molecule has 1 aromatic carbocycles. The summed E-state index contributed by atoms with van der Waals surface area (Å²) in [5, 5.41) is 2.77. The normalized spacial score (nSPS) is 13.8. The zero-order valence-electron chi connectivity index (χ0n) is 7.68. The van der Waals surface area contributed by atoms with Crippen LogP contribution in [0.3, 0.4) is 0 Å². The maximum absolute atomic E-state index is 11.3. The van der Waals surface area contributed by atoms with E-state index in [-0.39, 0.29) is 5.91 Å². The number of amides is 1. The Morgan fingerprint density at radius 1 is 1.46 bits per heavy atom. The topological polar surface area (TPSA) is 38.3 Å². The van der Waals surface area contributed by atoms with Crippen molar-refractivity contribution in [3.8, 4) is 5.75 Å². The van der Waals surface area contributed by atoms with Gasteiger partial charge >= 0.3 is 0 Å². The van der Waals surface area contributed by atoms with Crippen molar-refractivity contribution in [1.29, 1.82) is 0 Å². The lowest BCUT2D eigenvalue weighted by molar-refractivity contribution is 0.0966. The number of rotatable bonds is 1. The van der Waals surface area contributed by atoms with Crippen molar-refractivity contribution >= 4 is 5.91 Å². The second kappa shape index (κ2) is 2.76. The van der Waals surface area contributed by atoms with E-state index in [0.29, 0.717) is 6.54 Å². The van der Waals surface area contributed by atoms with Crippen molar-refractivity contribution in [3.63, 3.8) is 0 Å². The molecule has 1 aliphatic heterocycles. The number of aryl methyl sites for hydroxylation is 1. The second-order valence-electron chi connectivity index (χ2n) is 3.12. The number of benzene rings is 1. The Kier molecular flexibility index (Phi) is 1.72. The first-order chi connectivity index (χ1) is 6.24. The van der Waals surface area contributed by atoms with E-state index >= 15 is 0 Å². The van der Waals surface area contributed by atoms with Crippen LogP contribution < -0.4 is 10.1 Å². The van der Waals surface area contributed by atoms with E-state index in [9.17, 15) is 4.79 Å². The number of carbonyl (C=O) groups is 1. The molecule has 0 aliphatic carbocycles. The van der Waals surface area contributed by atoms with Gasteiger partial charge in [0.1, 0.15) is 5.75 Å². The van der Waals surface area contributed by atoms with Crippen LogP contribution in [0.25, 0.3) is 0 Å². The molecule has 0 radical (unpaired) electrons. The Morgan fingerprint density at radius 3 is 2.92 bits per heavy atom. The van der Waals surface area contributed by atoms with Crippen LogP contribution in [0.4, 0.5) is 0 Å². The summed E-state index contributed by atoms with van der Waals surface area (Å²) in [6.45, 7) is 2.56. The summed E-state index contributed by atoms with van der Waals surface area (Å²) in [6.07, 6.45) is 0. The molecule has 0 fully saturated rings. The number of fused-ring (bicyclic) bond motifs is 1. The summed E-state index contributed by atoms with van der Waals surface area (Å²) in [7, 11) is 1.63. The highest BCUT2D eigenvalue weighted by Gasteiger charge is 2.22. The Hall–Kier alpha value is -1.51. The van der Waals surface area contributed by atoms with Gasteiger partial charge in [0.2, 0.25) is 0 Å². The van der Waals surface area contributed by atoms with Crippen LogP contribution in [-0.2, 0) is 6.54 Å². The van der Waals surface area contributed by atoms with Crippen molar-refractivity contribution in [1.82, 2.24) is 5.32 Å². The predicted octanol–water partition coefficient (Wildman–Crippen LogP) is 1.25. The zero-order chi connectivity index (χ0) is 9.42. The standard InChI is InChI=1S/C10H11NO2/c1-6-3-4-7-8(9(6)13-2)5-11-10(7)12/h3-4H,5H2,1-2H3,(H,11,12). The average molecular weight is 177 g/mol. The van der Waals surface area contributed by atoms with Gasteiger partial charge in [-0.1, -0.05) is 6.07 Å². The Bertz CT molecular complexity index is 371. The van der Waals surface area contributed by atoms with E-state index < -0.39 is 0 Å². The fourth-order valence-electron chi connectivity index (χ4n) is 1.68. The molecule has 1 aliphatic rings. The largest absolute Gasteiger partial charge is 0.496 e. The van der Waals surface area contributed by atoms with Crippen molar-refractivity contribution in [2.24, 2.45) is 0 Å². The minimum atomic E-state index is -0.00620. The molecule has 0 spiro atoms. The first-order valence-electron chi connectivity index (χ1n) is 4.18. The molecular formula is C10H11NO2. The van der Waals surface area contributed by atoms with Gasteiger partial charge in [0.15, 0.2) is 0 Å². The lowest BCUT2D eigenvalue weighted by Gasteiger charge is -2.08. The summed E-state index contributed by atoms with van der Waals surface area (Å²) < 4.78 is 5.24. The fourth-order valence-corrected chi connectivity index (χ4v) is 1.68. The molecule has 0 atom stereocenters. The molecule has 1 N–H and O–H groups in total. The summed E-state index contributed by atoms with van der Waals surface area (Å²) in [6, 6.07) is 3.75. The molecule has 0 saturated carbocycles. The van der Waals surface area contributed by atoms with Crippen molar-refractivity contribution in [2.75, 3.05) is 7.11 Å². The molecule has 13 heavy (non-hydrogen) atoms. The van der Waals surface area contributed by atoms with Gasteiger partial charge in [-0.25, -0.2) is 0 Å². The smallest absolute Gasteiger partial charge is 0.252 e. The Balaban J connectivity index is 2.64. The van der Waals surface area contributed by atoms with E-state index in [0.717, 1.165) is 22.4 Å². The van der Waals surface area contributed by atoms with Crippen LogP contribution in [-0.4, -0.2) is 13.0 Å². The quantitative estimate of drug-likeness (QED) is 0.701. The first kappa shape index (κ1) is 8.10. The highest BCUT2D eigenvalue weighted by atomic mass is 16.5. The van der Waals surface area contributed by atoms with Crippen LogP contribution in [0.15, 0.2) is 12.1 Å². The maximum Gasteiger partial charge on any atom is 0.252 e. The monoisotopic (exact) mass is 177 g/mol. The van der Waals surface area contributed by atoms with Crippen molar-refractivity contribution in [3.05, 3.63) is 28.8 Å². The van der Waals surface area contributed by atoms with Crippen LogP contribution in [0.2, 0.25) is 0 Å². The summed E-state index contributed by atoms with van der Waals surface area (Å²) in [5.41, 5.74) is 2.78. The highest BCUT2D eigenvalue weighted by Crippen LogP contribution is 2.29. The predicted molar refractivity (Wildman–Crippen MR) is 48.9 cm³/mol. The van der Waals surface area contributed by atoms with E-state index in [1.54, 1.807) is 7.11 Å². The van der Waals surface area contributed by atoms with Crippen LogP contribution in [0.1, 0.15) is 21.5 Å². The number of ether oxygens (including phenoxy) is 1. The van der Waals surface area contributed by atoms with E-state index in [2.05, 4.69) is 5.32 Å². The van der Waals surface area contributed by atoms with Gasteiger partial charge in [-0.3, -0.25) is 4.79 Å². The van der Waals surface area contributed by atoms with Gasteiger partial charge < -0.3 is 10.1 Å². The number of hydrogen-bond donors (Lipinski definition) is 1. The van der Waals surface area contributed by atoms with E-state index in [1.807, 2.05) is 19.1 Å². The fraction of sp³-hybridized carbons (Fsp3) is 0.300. The maximum atomic E-state index is 11.3. The second-order valence-corrected chi connectivity index (χ2v) is 3.12. The molecule has 2 rings (SSSR count). The molecule has 0 bridgehead atoms. The Morgan fingerprint density at radius 2 is 2.23 bits per heavy atom. The molecule has 1 heterocycles. The summed E-state index contributed by atoms with van der Waals surface area (Å²) in [5.74, 6) is 0.823. The van der Waals surface area contributed by atoms with Gasteiger partial charge in [0, 0.05) is 17.7 Å². The zero-order valence-corrected chi connectivity index (χ0v) is 7.68. The summed E-state index contributed by atoms with van der Waals surface area (Å²) in [4.78, 5) is 11.3. The number of hydrogen-bond acceptors (Lipinski definition) is 2. The van der Waals surface area contributed by atoms with Gasteiger partial charge in [0.05, 0.1) is 7.11 Å². The minimum Gasteiger partial charge on any atom is -0.496 e. The van der Waals surface area contributed by atoms with Crippen LogP contribution in [0.5, 0.6) is 5.75 Å². The molecule has 1 amide bonds. The molecule has 3 heteroatoms. The molecule has 0 aromatic heterocycles. The number of methoxy groups -OCH3 is 1. The van der Waals surface area contributed by atoms with E-state index in [1.165, 1.54) is 0 Å². The van der Waals surface area contributed by atoms with Crippen molar-refractivity contribution in [2.45, 2.75) is 13.5 Å². The molecular weight excluding hydrogens is 166 g/mol. The van der Waals surface area contributed by atoms with Gasteiger partial charge in [-0.05, 0) is 18.6 Å². The minimum absolute atomic E-state index is 0.00620. The van der Waals surface area contributed by atoms with Crippen molar-refractivity contribution < 1.29 is 9.53 Å². The Labute approximate surface area is 76.7 Å². The SMILES string of the molecule is COc1c(C)ccc2c1CNC2=O. The number of carbonyl (C=O) groups excluding carboxylic acids is 1. The third kappa shape index (κ3) is 1.08. The van der Waals surface area contributed by atoms with Gasteiger partial charge in [-0.2, -0.15) is 0 Å². The summed E-state index contributed by atoms with van der Waals surface area (Å²) >= 11 is 0. The lowest BCUT2D eigenvalue weighted by atomic mass is 10.1. The lowest BCUT2D eigenvalue weighted by Crippen LogP contribution is -2.12. The third-order valence-corrected chi connectivity index (χ3v) is 2.33. The molecule has 0 saturated heterocycles. The molecule has 3 nitrogen and oxygen atoms in total. The average Bonchev–Trinajstić information content (AvgIpc) is 2.48. The van der Waals surface area contributed by atoms with Gasteiger partial charge in [-0.15, -0.1) is 0 Å². The van der Waals surface area contributed by atoms with Gasteiger partial charge in [0.25, 0.3) is 5.91 Å². The molecule has 1 aromatic rings. The molecule has 68 valence electrons.